The molecule has 0 bridgehead atoms. The molecule has 0 saturated heterocycles. The highest BCUT2D eigenvalue weighted by molar-refractivity contribution is 14.1. The lowest BCUT2D eigenvalue weighted by atomic mass is 10.3. The van der Waals surface area contributed by atoms with Gasteiger partial charge in [0.1, 0.15) is 6.04 Å². The second-order valence-electron chi connectivity index (χ2n) is 2.66. The fourth-order valence-corrected chi connectivity index (χ4v) is 1.58. The second-order valence-corrected chi connectivity index (χ2v) is 4.01. The van der Waals surface area contributed by atoms with Gasteiger partial charge in [-0.05, 0) is 0 Å². The zero-order valence-electron chi connectivity index (χ0n) is 7.99. The minimum atomic E-state index is -0.587. The molecule has 0 aromatic heterocycles. The normalized spacial score (nSPS) is 11.9. The highest BCUT2D eigenvalue weighted by Crippen LogP contribution is 1.90. The molecule has 0 aliphatic heterocycles. The zero-order valence-corrected chi connectivity index (χ0v) is 11.9. The maximum Gasteiger partial charge on any atom is 0.252 e. The Labute approximate surface area is 114 Å². The van der Waals surface area contributed by atoms with Crippen molar-refractivity contribution in [2.24, 2.45) is 0 Å². The van der Waals surface area contributed by atoms with Gasteiger partial charge in [0.15, 0.2) is 0 Å². The Morgan fingerprint density at radius 3 is 2.47 bits per heavy atom. The second kappa shape index (κ2) is 9.55. The molecule has 5 nitrogen and oxygen atoms in total. The predicted molar refractivity (Wildman–Crippen MR) is 74.7 cm³/mol. The van der Waals surface area contributed by atoms with Gasteiger partial charge in [-0.25, -0.2) is 0 Å². The number of carbonyl (C=O) groups is 2. The third-order valence-corrected chi connectivity index (χ3v) is 2.62. The van der Waals surface area contributed by atoms with E-state index in [0.717, 1.165) is 0 Å². The fraction of sp³-hybridized carbons (Fsp3) is 0.714. The smallest absolute Gasteiger partial charge is 0.252 e. The van der Waals surface area contributed by atoms with Crippen LogP contribution in [0, 0.1) is 0 Å². The maximum absolute atomic E-state index is 11.3. The molecule has 0 aromatic rings. The molecule has 0 aliphatic rings. The van der Waals surface area contributed by atoms with E-state index in [1.54, 1.807) is 22.9 Å². The predicted octanol–water partition coefficient (Wildman–Crippen LogP) is -0.613. The van der Waals surface area contributed by atoms with Gasteiger partial charge in [0.2, 0.25) is 5.91 Å². The quantitative estimate of drug-likeness (QED) is 0.181. The van der Waals surface area contributed by atoms with Crippen LogP contribution in [0.1, 0.15) is 0 Å². The standard InChI is InChI=1S/C7H14IN3O2S2/c8-11-7(13)5(4-15)10-6(12)3-9-1-2-14/h5,9,14-15H,1-4H2,(H,10,12)(H,11,13). The third-order valence-electron chi connectivity index (χ3n) is 1.50. The summed E-state index contributed by atoms with van der Waals surface area (Å²) in [4.78, 5) is 22.5. The van der Waals surface area contributed by atoms with Gasteiger partial charge in [0.05, 0.1) is 29.4 Å². The van der Waals surface area contributed by atoms with E-state index in [9.17, 15) is 9.59 Å². The average Bonchev–Trinajstić information content (AvgIpc) is 2.25. The molecule has 8 heteroatoms. The molecule has 2 amide bonds. The van der Waals surface area contributed by atoms with E-state index in [2.05, 4.69) is 39.4 Å². The van der Waals surface area contributed by atoms with Crippen molar-refractivity contribution < 1.29 is 9.59 Å². The first-order valence-electron chi connectivity index (χ1n) is 4.28. The lowest BCUT2D eigenvalue weighted by Gasteiger charge is -2.14. The van der Waals surface area contributed by atoms with E-state index >= 15 is 0 Å². The molecule has 0 saturated carbocycles. The lowest BCUT2D eigenvalue weighted by Crippen LogP contribution is -2.48. The molecular formula is C7H14IN3O2S2. The van der Waals surface area contributed by atoms with Gasteiger partial charge in [-0.3, -0.25) is 13.1 Å². The monoisotopic (exact) mass is 363 g/mol. The van der Waals surface area contributed by atoms with Crippen LogP contribution in [0.15, 0.2) is 0 Å². The highest BCUT2D eigenvalue weighted by Gasteiger charge is 2.17. The summed E-state index contributed by atoms with van der Waals surface area (Å²) >= 11 is 9.69. The first-order valence-corrected chi connectivity index (χ1v) is 6.62. The van der Waals surface area contributed by atoms with Crippen molar-refractivity contribution in [3.8, 4) is 0 Å². The van der Waals surface area contributed by atoms with Gasteiger partial charge < -0.3 is 10.6 Å². The zero-order chi connectivity index (χ0) is 11.7. The van der Waals surface area contributed by atoms with Crippen LogP contribution < -0.4 is 14.2 Å². The summed E-state index contributed by atoms with van der Waals surface area (Å²) in [5.41, 5.74) is 0. The minimum absolute atomic E-state index is 0.180. The number of carbonyl (C=O) groups excluding carboxylic acids is 2. The summed E-state index contributed by atoms with van der Waals surface area (Å²) in [7, 11) is 0. The van der Waals surface area contributed by atoms with Crippen molar-refractivity contribution in [1.29, 1.82) is 0 Å². The molecule has 0 rings (SSSR count). The van der Waals surface area contributed by atoms with E-state index in [0.29, 0.717) is 12.3 Å². The van der Waals surface area contributed by atoms with Crippen molar-refractivity contribution in [3.05, 3.63) is 0 Å². The fourth-order valence-electron chi connectivity index (χ4n) is 0.786. The van der Waals surface area contributed by atoms with Crippen molar-refractivity contribution in [1.82, 2.24) is 14.2 Å². The average molecular weight is 363 g/mol. The summed E-state index contributed by atoms with van der Waals surface area (Å²) in [6.07, 6.45) is 0. The molecule has 15 heavy (non-hydrogen) atoms. The number of hydrogen-bond acceptors (Lipinski definition) is 5. The molecule has 0 spiro atoms. The number of amides is 2. The summed E-state index contributed by atoms with van der Waals surface area (Å²) < 4.78 is 2.42. The van der Waals surface area contributed by atoms with Gasteiger partial charge in [-0.15, -0.1) is 0 Å². The molecule has 1 unspecified atom stereocenters. The van der Waals surface area contributed by atoms with Gasteiger partial charge in [-0.2, -0.15) is 25.3 Å². The van der Waals surface area contributed by atoms with Crippen LogP contribution in [0.5, 0.6) is 0 Å². The molecular weight excluding hydrogens is 349 g/mol. The van der Waals surface area contributed by atoms with Crippen LogP contribution in [-0.2, 0) is 9.59 Å². The highest BCUT2D eigenvalue weighted by atomic mass is 127. The van der Waals surface area contributed by atoms with Gasteiger partial charge in [0.25, 0.3) is 5.91 Å². The molecule has 0 heterocycles. The first-order chi connectivity index (χ1) is 7.15. The molecule has 0 aromatic carbocycles. The van der Waals surface area contributed by atoms with E-state index < -0.39 is 6.04 Å². The van der Waals surface area contributed by atoms with E-state index in [1.807, 2.05) is 0 Å². The van der Waals surface area contributed by atoms with Gasteiger partial charge in [-0.1, -0.05) is 0 Å². The Hall–Kier alpha value is 0.330. The number of thiol groups is 2. The SMILES string of the molecule is O=C(CNCCS)NC(CS)C(=O)NI. The lowest BCUT2D eigenvalue weighted by molar-refractivity contribution is -0.126. The van der Waals surface area contributed by atoms with Crippen LogP contribution in [-0.4, -0.2) is 42.5 Å². The number of rotatable bonds is 7. The summed E-state index contributed by atoms with van der Waals surface area (Å²) in [6.45, 7) is 0.833. The van der Waals surface area contributed by atoms with Crippen LogP contribution in [0.25, 0.3) is 0 Å². The molecule has 0 aliphatic carbocycles. The van der Waals surface area contributed by atoms with E-state index in [-0.39, 0.29) is 24.1 Å². The molecule has 0 radical (unpaired) electrons. The van der Waals surface area contributed by atoms with Crippen LogP contribution in [0.4, 0.5) is 0 Å². The van der Waals surface area contributed by atoms with E-state index in [1.165, 1.54) is 0 Å². The summed E-state index contributed by atoms with van der Waals surface area (Å²) in [6, 6.07) is -0.587. The Bertz CT molecular complexity index is 218. The van der Waals surface area contributed by atoms with Crippen molar-refractivity contribution in [2.75, 3.05) is 24.6 Å². The van der Waals surface area contributed by atoms with E-state index in [4.69, 9.17) is 0 Å². The first kappa shape index (κ1) is 15.3. The van der Waals surface area contributed by atoms with Crippen molar-refractivity contribution in [3.63, 3.8) is 0 Å². The molecule has 88 valence electrons. The number of nitrogens with one attached hydrogen (secondary N) is 3. The van der Waals surface area contributed by atoms with Gasteiger partial charge in [0, 0.05) is 18.1 Å². The Kier molecular flexibility index (Phi) is 9.76. The van der Waals surface area contributed by atoms with Crippen molar-refractivity contribution in [2.45, 2.75) is 6.04 Å². The number of hydrogen-bond donors (Lipinski definition) is 5. The Morgan fingerprint density at radius 2 is 2.00 bits per heavy atom. The van der Waals surface area contributed by atoms with Crippen LogP contribution in [0.3, 0.4) is 0 Å². The molecule has 0 fully saturated rings. The summed E-state index contributed by atoms with van der Waals surface area (Å²) in [5.74, 6) is 0.453. The largest absolute Gasteiger partial charge is 0.342 e. The Balaban J connectivity index is 3.85. The van der Waals surface area contributed by atoms with Crippen LogP contribution >= 0.6 is 48.1 Å². The van der Waals surface area contributed by atoms with Crippen LogP contribution in [0.2, 0.25) is 0 Å². The topological polar surface area (TPSA) is 70.2 Å². The molecule has 3 N–H and O–H groups in total. The van der Waals surface area contributed by atoms with Gasteiger partial charge >= 0.3 is 0 Å². The maximum atomic E-state index is 11.3. The summed E-state index contributed by atoms with van der Waals surface area (Å²) in [5, 5.41) is 5.43. The van der Waals surface area contributed by atoms with Crippen molar-refractivity contribution >= 4 is 59.9 Å². The molecule has 1 atom stereocenters. The Morgan fingerprint density at radius 1 is 1.33 bits per heavy atom. The third kappa shape index (κ3) is 7.25. The minimum Gasteiger partial charge on any atom is -0.342 e. The number of halogens is 1.